The van der Waals surface area contributed by atoms with Crippen LogP contribution in [0.25, 0.3) is 12.2 Å². The van der Waals surface area contributed by atoms with Gasteiger partial charge in [-0.3, -0.25) is 0 Å². The maximum absolute atomic E-state index is 12.9. The van der Waals surface area contributed by atoms with Gasteiger partial charge in [0.15, 0.2) is 5.82 Å². The lowest BCUT2D eigenvalue weighted by molar-refractivity contribution is 0.626. The molecule has 0 amide bonds. The van der Waals surface area contributed by atoms with E-state index < -0.39 is 0 Å². The third-order valence-corrected chi connectivity index (χ3v) is 2.30. The molecule has 0 fully saturated rings. The minimum Gasteiger partial charge on any atom is -0.229 e. The average Bonchev–Trinajstić information content (AvgIpc) is 2.63. The molecule has 82 valence electrons. The highest BCUT2D eigenvalue weighted by Crippen LogP contribution is 2.12. The fourth-order valence-electron chi connectivity index (χ4n) is 1.37. The summed E-state index contributed by atoms with van der Waals surface area (Å²) in [5.41, 5.74) is 1.83. The predicted molar refractivity (Wildman–Crippen MR) is 58.9 cm³/mol. The first-order valence-corrected chi connectivity index (χ1v) is 4.83. The molecule has 1 aromatic heterocycles. The quantitative estimate of drug-likeness (QED) is 0.772. The molecule has 16 heavy (non-hydrogen) atoms. The van der Waals surface area contributed by atoms with Crippen molar-refractivity contribution >= 4 is 12.2 Å². The first-order valence-electron chi connectivity index (χ1n) is 4.83. The van der Waals surface area contributed by atoms with Crippen molar-refractivity contribution in [1.29, 1.82) is 0 Å². The van der Waals surface area contributed by atoms with Gasteiger partial charge in [-0.05, 0) is 46.7 Å². The van der Waals surface area contributed by atoms with Crippen molar-refractivity contribution in [2.45, 2.75) is 6.92 Å². The fraction of sp³-hybridized carbons (Fsp3) is 0.182. The van der Waals surface area contributed by atoms with Crippen molar-refractivity contribution in [3.8, 4) is 0 Å². The number of aromatic nitrogens is 4. The molecular formula is C11H11FN4. The molecule has 0 radical (unpaired) electrons. The van der Waals surface area contributed by atoms with Gasteiger partial charge in [-0.2, -0.15) is 0 Å². The van der Waals surface area contributed by atoms with Crippen LogP contribution in [0.2, 0.25) is 0 Å². The molecule has 0 unspecified atom stereocenters. The van der Waals surface area contributed by atoms with Crippen LogP contribution in [0.5, 0.6) is 0 Å². The van der Waals surface area contributed by atoms with E-state index in [0.717, 1.165) is 11.1 Å². The maximum atomic E-state index is 12.9. The molecule has 2 aromatic rings. The Kier molecular flexibility index (Phi) is 2.76. The van der Waals surface area contributed by atoms with E-state index in [-0.39, 0.29) is 5.82 Å². The van der Waals surface area contributed by atoms with Crippen molar-refractivity contribution < 1.29 is 4.39 Å². The largest absolute Gasteiger partial charge is 0.229 e. The SMILES string of the molecule is Cc1cc(F)ccc1/C=C/c1nnnn1C. The molecular weight excluding hydrogens is 207 g/mol. The number of rotatable bonds is 2. The molecule has 0 N–H and O–H groups in total. The zero-order chi connectivity index (χ0) is 11.5. The van der Waals surface area contributed by atoms with Crippen LogP contribution in [-0.4, -0.2) is 20.2 Å². The van der Waals surface area contributed by atoms with Gasteiger partial charge < -0.3 is 0 Å². The Morgan fingerprint density at radius 3 is 2.75 bits per heavy atom. The Labute approximate surface area is 92.4 Å². The van der Waals surface area contributed by atoms with Gasteiger partial charge in [-0.1, -0.05) is 12.1 Å². The summed E-state index contributed by atoms with van der Waals surface area (Å²) in [5.74, 6) is 0.429. The van der Waals surface area contributed by atoms with Gasteiger partial charge in [-0.25, -0.2) is 9.07 Å². The summed E-state index contributed by atoms with van der Waals surface area (Å²) in [6.45, 7) is 1.86. The van der Waals surface area contributed by atoms with E-state index in [2.05, 4.69) is 15.5 Å². The van der Waals surface area contributed by atoms with Crippen molar-refractivity contribution in [3.63, 3.8) is 0 Å². The summed E-state index contributed by atoms with van der Waals surface area (Å²) in [4.78, 5) is 0. The minimum atomic E-state index is -0.227. The summed E-state index contributed by atoms with van der Waals surface area (Å²) >= 11 is 0. The van der Waals surface area contributed by atoms with Gasteiger partial charge in [0.25, 0.3) is 0 Å². The molecule has 1 aromatic carbocycles. The van der Waals surface area contributed by atoms with Gasteiger partial charge >= 0.3 is 0 Å². The Hall–Kier alpha value is -2.04. The van der Waals surface area contributed by atoms with Crippen LogP contribution in [0, 0.1) is 12.7 Å². The first-order chi connectivity index (χ1) is 7.66. The van der Waals surface area contributed by atoms with Gasteiger partial charge in [0.1, 0.15) is 5.82 Å². The highest BCUT2D eigenvalue weighted by Gasteiger charge is 1.98. The van der Waals surface area contributed by atoms with Crippen LogP contribution in [0.15, 0.2) is 18.2 Å². The lowest BCUT2D eigenvalue weighted by Crippen LogP contribution is -1.93. The van der Waals surface area contributed by atoms with Crippen molar-refractivity contribution in [2.75, 3.05) is 0 Å². The van der Waals surface area contributed by atoms with E-state index >= 15 is 0 Å². The second-order valence-electron chi connectivity index (χ2n) is 3.49. The molecule has 0 aliphatic heterocycles. The van der Waals surface area contributed by atoms with Crippen LogP contribution in [0.4, 0.5) is 4.39 Å². The van der Waals surface area contributed by atoms with E-state index in [9.17, 15) is 4.39 Å². The number of benzene rings is 1. The van der Waals surface area contributed by atoms with Gasteiger partial charge in [-0.15, -0.1) is 5.10 Å². The summed E-state index contributed by atoms with van der Waals surface area (Å²) in [6.07, 6.45) is 3.65. The van der Waals surface area contributed by atoms with Crippen LogP contribution >= 0.6 is 0 Å². The van der Waals surface area contributed by atoms with Crippen LogP contribution < -0.4 is 0 Å². The smallest absolute Gasteiger partial charge is 0.174 e. The van der Waals surface area contributed by atoms with Gasteiger partial charge in [0.05, 0.1) is 0 Å². The molecule has 0 saturated carbocycles. The number of halogens is 1. The van der Waals surface area contributed by atoms with Gasteiger partial charge in [0, 0.05) is 7.05 Å². The third-order valence-electron chi connectivity index (χ3n) is 2.30. The Balaban J connectivity index is 2.27. The Morgan fingerprint density at radius 1 is 1.31 bits per heavy atom. The van der Waals surface area contributed by atoms with Crippen molar-refractivity contribution in [1.82, 2.24) is 20.2 Å². The predicted octanol–water partition coefficient (Wildman–Crippen LogP) is 1.83. The second-order valence-corrected chi connectivity index (χ2v) is 3.49. The maximum Gasteiger partial charge on any atom is 0.174 e. The molecule has 0 spiro atoms. The lowest BCUT2D eigenvalue weighted by Gasteiger charge is -1.99. The second kappa shape index (κ2) is 4.22. The van der Waals surface area contributed by atoms with E-state index in [1.165, 1.54) is 12.1 Å². The molecule has 0 bridgehead atoms. The molecule has 4 nitrogen and oxygen atoms in total. The summed E-state index contributed by atoms with van der Waals surface area (Å²) in [7, 11) is 1.76. The van der Waals surface area contributed by atoms with E-state index in [0.29, 0.717) is 5.82 Å². The summed E-state index contributed by atoms with van der Waals surface area (Å²) in [6, 6.07) is 4.65. The number of nitrogens with zero attached hydrogens (tertiary/aromatic N) is 4. The third kappa shape index (κ3) is 2.13. The average molecular weight is 218 g/mol. The highest BCUT2D eigenvalue weighted by molar-refractivity contribution is 5.68. The molecule has 5 heteroatoms. The molecule has 0 aliphatic rings. The van der Waals surface area contributed by atoms with Crippen LogP contribution in [0.3, 0.4) is 0 Å². The molecule has 0 atom stereocenters. The van der Waals surface area contributed by atoms with E-state index in [1.807, 2.05) is 13.0 Å². The van der Waals surface area contributed by atoms with E-state index in [4.69, 9.17) is 0 Å². The number of tetrazole rings is 1. The van der Waals surface area contributed by atoms with E-state index in [1.54, 1.807) is 23.9 Å². The Morgan fingerprint density at radius 2 is 2.12 bits per heavy atom. The number of hydrogen-bond donors (Lipinski definition) is 0. The number of aryl methyl sites for hydroxylation is 2. The molecule has 0 saturated heterocycles. The minimum absolute atomic E-state index is 0.227. The zero-order valence-corrected chi connectivity index (χ0v) is 9.05. The first kappa shape index (κ1) is 10.5. The van der Waals surface area contributed by atoms with Crippen molar-refractivity contribution in [2.24, 2.45) is 7.05 Å². The number of hydrogen-bond acceptors (Lipinski definition) is 3. The molecule has 0 aliphatic carbocycles. The lowest BCUT2D eigenvalue weighted by atomic mass is 10.1. The topological polar surface area (TPSA) is 43.6 Å². The fourth-order valence-corrected chi connectivity index (χ4v) is 1.37. The van der Waals surface area contributed by atoms with Crippen molar-refractivity contribution in [3.05, 3.63) is 41.0 Å². The standard InChI is InChI=1S/C11H11FN4/c1-8-7-10(12)5-3-9(8)4-6-11-13-14-15-16(11)2/h3-7H,1-2H3/b6-4+. The molecule has 2 rings (SSSR count). The monoisotopic (exact) mass is 218 g/mol. The normalized spacial score (nSPS) is 11.2. The van der Waals surface area contributed by atoms with Gasteiger partial charge in [0.2, 0.25) is 0 Å². The molecule has 1 heterocycles. The highest BCUT2D eigenvalue weighted by atomic mass is 19.1. The Bertz CT molecular complexity index is 531. The zero-order valence-electron chi connectivity index (χ0n) is 9.05. The van der Waals surface area contributed by atoms with Crippen LogP contribution in [-0.2, 0) is 7.05 Å². The summed E-state index contributed by atoms with van der Waals surface area (Å²) in [5, 5.41) is 11.1. The summed E-state index contributed by atoms with van der Waals surface area (Å²) < 4.78 is 14.4. The van der Waals surface area contributed by atoms with Crippen LogP contribution in [0.1, 0.15) is 17.0 Å².